The van der Waals surface area contributed by atoms with Crippen LogP contribution in [-0.2, 0) is 12.8 Å². The lowest BCUT2D eigenvalue weighted by Crippen LogP contribution is -2.53. The summed E-state index contributed by atoms with van der Waals surface area (Å²) in [6, 6.07) is 13.2. The predicted octanol–water partition coefficient (Wildman–Crippen LogP) is 3.79. The minimum atomic E-state index is -0.483. The largest absolute Gasteiger partial charge is 0.487 e. The Morgan fingerprint density at radius 1 is 1.11 bits per heavy atom. The van der Waals surface area contributed by atoms with Crippen LogP contribution >= 0.6 is 0 Å². The highest BCUT2D eigenvalue weighted by Crippen LogP contribution is 2.45. The molecule has 28 heavy (non-hydrogen) atoms. The molecule has 1 fully saturated rings. The smallest absolute Gasteiger partial charge is 0.126 e. The normalized spacial score (nSPS) is 26.4. The van der Waals surface area contributed by atoms with Gasteiger partial charge in [-0.15, -0.1) is 0 Å². The van der Waals surface area contributed by atoms with Crippen LogP contribution in [0.2, 0.25) is 0 Å². The van der Waals surface area contributed by atoms with E-state index in [0.717, 1.165) is 43.7 Å². The first-order chi connectivity index (χ1) is 13.5. The molecule has 1 aliphatic carbocycles. The number of nitrogen functional groups attached to an aromatic ring is 1. The fourth-order valence-electron chi connectivity index (χ4n) is 5.44. The van der Waals surface area contributed by atoms with E-state index in [1.165, 1.54) is 24.0 Å². The number of hydrogen-bond acceptors (Lipinski definition) is 4. The summed E-state index contributed by atoms with van der Waals surface area (Å²) in [4.78, 5) is 2.66. The fourth-order valence-corrected chi connectivity index (χ4v) is 5.44. The van der Waals surface area contributed by atoms with Crippen LogP contribution in [0.25, 0.3) is 0 Å². The van der Waals surface area contributed by atoms with Gasteiger partial charge in [0.05, 0.1) is 6.10 Å². The summed E-state index contributed by atoms with van der Waals surface area (Å²) in [6.45, 7) is 4.27. The van der Waals surface area contributed by atoms with Crippen LogP contribution in [0.5, 0.6) is 5.75 Å². The first kappa shape index (κ1) is 18.0. The molecule has 5 rings (SSSR count). The molecule has 2 heterocycles. The van der Waals surface area contributed by atoms with E-state index in [2.05, 4.69) is 30.0 Å². The van der Waals surface area contributed by atoms with Gasteiger partial charge in [0, 0.05) is 36.8 Å². The molecular formula is C24H30N2O2. The molecule has 2 aliphatic heterocycles. The van der Waals surface area contributed by atoms with Crippen molar-refractivity contribution in [3.8, 4) is 5.75 Å². The number of piperidine rings is 1. The summed E-state index contributed by atoms with van der Waals surface area (Å²) in [6.07, 6.45) is 5.74. The summed E-state index contributed by atoms with van der Waals surface area (Å²) in [5.74, 6) is 0.809. The molecule has 3 N–H and O–H groups in total. The number of likely N-dealkylation sites (tertiary alicyclic amines) is 1. The Bertz CT molecular complexity index is 886. The number of benzene rings is 2. The molecule has 0 saturated carbocycles. The van der Waals surface area contributed by atoms with E-state index in [0.29, 0.717) is 18.2 Å². The van der Waals surface area contributed by atoms with Crippen LogP contribution in [0.4, 0.5) is 5.69 Å². The van der Waals surface area contributed by atoms with Crippen LogP contribution in [0, 0.1) is 6.92 Å². The van der Waals surface area contributed by atoms with Gasteiger partial charge in [-0.1, -0.05) is 23.8 Å². The van der Waals surface area contributed by atoms with Crippen LogP contribution < -0.4 is 10.5 Å². The van der Waals surface area contributed by atoms with Gasteiger partial charge in [-0.2, -0.15) is 0 Å². The van der Waals surface area contributed by atoms with Crippen LogP contribution in [0.15, 0.2) is 36.4 Å². The monoisotopic (exact) mass is 378 g/mol. The van der Waals surface area contributed by atoms with E-state index in [1.807, 2.05) is 18.2 Å². The van der Waals surface area contributed by atoms with Gasteiger partial charge in [0.2, 0.25) is 0 Å². The molecule has 1 spiro atoms. The molecule has 0 aromatic heterocycles. The van der Waals surface area contributed by atoms with Crippen molar-refractivity contribution in [3.05, 3.63) is 58.7 Å². The molecule has 148 valence electrons. The number of aryl methyl sites for hydroxylation is 2. The minimum Gasteiger partial charge on any atom is -0.487 e. The molecule has 1 saturated heterocycles. The van der Waals surface area contributed by atoms with Crippen molar-refractivity contribution in [1.82, 2.24) is 4.90 Å². The van der Waals surface area contributed by atoms with Crippen LogP contribution in [0.3, 0.4) is 0 Å². The quantitative estimate of drug-likeness (QED) is 0.742. The Kier molecular flexibility index (Phi) is 4.37. The number of anilines is 1. The van der Waals surface area contributed by atoms with Gasteiger partial charge in [-0.05, 0) is 68.4 Å². The summed E-state index contributed by atoms with van der Waals surface area (Å²) >= 11 is 0. The maximum atomic E-state index is 10.7. The Morgan fingerprint density at radius 2 is 1.93 bits per heavy atom. The topological polar surface area (TPSA) is 58.7 Å². The third kappa shape index (κ3) is 3.19. The molecule has 2 aromatic carbocycles. The van der Waals surface area contributed by atoms with Crippen molar-refractivity contribution in [2.75, 3.05) is 18.8 Å². The average molecular weight is 379 g/mol. The number of hydrogen-bond donors (Lipinski definition) is 2. The number of rotatable bonds is 1. The highest BCUT2D eigenvalue weighted by Gasteiger charge is 2.44. The molecule has 0 amide bonds. The fraction of sp³-hybridized carbons (Fsp3) is 0.500. The standard InChI is InChI=1S/C24H30N2O2/c1-16-2-3-18-13-20(6-4-17(18)12-16)26-10-8-24(9-11-26)15-22(27)21-14-19(25)5-7-23(21)28-24/h2-3,5,7,12,14,20,22,27H,4,6,8-11,13,15,25H2,1H3/t20-,22-/m1/s1. The van der Waals surface area contributed by atoms with Crippen molar-refractivity contribution in [2.45, 2.75) is 63.2 Å². The third-order valence-electron chi connectivity index (χ3n) is 7.07. The van der Waals surface area contributed by atoms with Gasteiger partial charge in [0.15, 0.2) is 0 Å². The van der Waals surface area contributed by atoms with E-state index in [1.54, 1.807) is 5.56 Å². The van der Waals surface area contributed by atoms with Crippen molar-refractivity contribution >= 4 is 5.69 Å². The Labute approximate surface area is 167 Å². The van der Waals surface area contributed by atoms with E-state index >= 15 is 0 Å². The van der Waals surface area contributed by atoms with Crippen molar-refractivity contribution in [3.63, 3.8) is 0 Å². The third-order valence-corrected chi connectivity index (χ3v) is 7.07. The van der Waals surface area contributed by atoms with E-state index in [4.69, 9.17) is 10.5 Å². The lowest BCUT2D eigenvalue weighted by atomic mass is 9.80. The number of aliphatic hydroxyl groups excluding tert-OH is 1. The van der Waals surface area contributed by atoms with Crippen molar-refractivity contribution in [1.29, 1.82) is 0 Å². The van der Waals surface area contributed by atoms with E-state index in [-0.39, 0.29) is 5.60 Å². The van der Waals surface area contributed by atoms with Gasteiger partial charge >= 0.3 is 0 Å². The van der Waals surface area contributed by atoms with Gasteiger partial charge in [-0.25, -0.2) is 0 Å². The molecule has 0 unspecified atom stereocenters. The maximum Gasteiger partial charge on any atom is 0.126 e. The van der Waals surface area contributed by atoms with Gasteiger partial charge < -0.3 is 15.6 Å². The minimum absolute atomic E-state index is 0.233. The summed E-state index contributed by atoms with van der Waals surface area (Å²) < 4.78 is 6.45. The van der Waals surface area contributed by atoms with Crippen molar-refractivity contribution in [2.24, 2.45) is 0 Å². The van der Waals surface area contributed by atoms with Gasteiger partial charge in [0.1, 0.15) is 11.4 Å². The second-order valence-electron chi connectivity index (χ2n) is 9.01. The second-order valence-corrected chi connectivity index (χ2v) is 9.01. The highest BCUT2D eigenvalue weighted by atomic mass is 16.5. The molecule has 4 heteroatoms. The molecule has 3 aliphatic rings. The zero-order valence-electron chi connectivity index (χ0n) is 16.7. The second kappa shape index (κ2) is 6.78. The molecular weight excluding hydrogens is 348 g/mol. The summed E-state index contributed by atoms with van der Waals surface area (Å²) in [5, 5.41) is 10.7. The zero-order chi connectivity index (χ0) is 19.3. The highest BCUT2D eigenvalue weighted by molar-refractivity contribution is 5.50. The Balaban J connectivity index is 1.27. The molecule has 2 aromatic rings. The lowest BCUT2D eigenvalue weighted by Gasteiger charge is -2.48. The van der Waals surface area contributed by atoms with Gasteiger partial charge in [0.25, 0.3) is 0 Å². The number of nitrogens with zero attached hydrogens (tertiary/aromatic N) is 1. The van der Waals surface area contributed by atoms with Crippen molar-refractivity contribution < 1.29 is 9.84 Å². The first-order valence-electron chi connectivity index (χ1n) is 10.6. The first-order valence-corrected chi connectivity index (χ1v) is 10.6. The Morgan fingerprint density at radius 3 is 2.75 bits per heavy atom. The average Bonchev–Trinajstić information content (AvgIpc) is 2.69. The zero-order valence-corrected chi connectivity index (χ0v) is 16.7. The molecule has 2 atom stereocenters. The number of ether oxygens (including phenoxy) is 1. The summed E-state index contributed by atoms with van der Waals surface area (Å²) in [5.41, 5.74) is 11.6. The number of fused-ring (bicyclic) bond motifs is 2. The molecule has 0 radical (unpaired) electrons. The van der Waals surface area contributed by atoms with Gasteiger partial charge in [-0.3, -0.25) is 4.90 Å². The predicted molar refractivity (Wildman–Crippen MR) is 112 cm³/mol. The SMILES string of the molecule is Cc1ccc2c(c1)CC[C@@H](N1CCC3(CC1)C[C@@H](O)c1cc(N)ccc1O3)C2. The Hall–Kier alpha value is -2.04. The van der Waals surface area contributed by atoms with Crippen LogP contribution in [-0.4, -0.2) is 34.7 Å². The molecule has 4 nitrogen and oxygen atoms in total. The molecule has 0 bridgehead atoms. The van der Waals surface area contributed by atoms with Crippen LogP contribution in [0.1, 0.15) is 54.0 Å². The number of nitrogens with two attached hydrogens (primary N) is 1. The van der Waals surface area contributed by atoms with E-state index < -0.39 is 6.10 Å². The number of aliphatic hydroxyl groups is 1. The lowest BCUT2D eigenvalue weighted by molar-refractivity contribution is -0.0608. The maximum absolute atomic E-state index is 10.7. The summed E-state index contributed by atoms with van der Waals surface area (Å²) in [7, 11) is 0. The van der Waals surface area contributed by atoms with E-state index in [9.17, 15) is 5.11 Å².